The molecule has 2 aromatic rings. The predicted molar refractivity (Wildman–Crippen MR) is 110 cm³/mol. The molecule has 0 radical (unpaired) electrons. The summed E-state index contributed by atoms with van der Waals surface area (Å²) in [6, 6.07) is 5.58. The number of alkyl halides is 3. The number of sulfonamides is 1. The van der Waals surface area contributed by atoms with E-state index in [0.29, 0.717) is 6.42 Å². The van der Waals surface area contributed by atoms with Crippen LogP contribution < -0.4 is 10.1 Å². The number of hydrogen-bond acceptors (Lipinski definition) is 5. The van der Waals surface area contributed by atoms with Gasteiger partial charge in [-0.15, -0.1) is 0 Å². The Bertz CT molecular complexity index is 1180. The standard InChI is InChI=1S/C21H21F3N2O5S/c1-4-9-31-17-8-6-14(21(22,23)24)11-16(17)25-19(27)13-5-7-15-18(10-13)32(29,30)26(12(2)3)20(15)28/h5-8,10-12H,4,9H2,1-3H3,(H,25,27). The number of amides is 2. The second kappa shape index (κ2) is 8.45. The molecule has 0 saturated carbocycles. The van der Waals surface area contributed by atoms with Crippen LogP contribution in [0.15, 0.2) is 41.3 Å². The molecule has 32 heavy (non-hydrogen) atoms. The molecule has 11 heteroatoms. The summed E-state index contributed by atoms with van der Waals surface area (Å²) in [4.78, 5) is 24.9. The highest BCUT2D eigenvalue weighted by Gasteiger charge is 2.43. The lowest BCUT2D eigenvalue weighted by Gasteiger charge is -2.18. The number of carbonyl (C=O) groups is 2. The van der Waals surface area contributed by atoms with E-state index in [1.54, 1.807) is 13.8 Å². The van der Waals surface area contributed by atoms with Crippen LogP contribution in [-0.2, 0) is 16.2 Å². The molecule has 1 heterocycles. The molecule has 1 N–H and O–H groups in total. The predicted octanol–water partition coefficient (Wildman–Crippen LogP) is 4.30. The van der Waals surface area contributed by atoms with Crippen molar-refractivity contribution >= 4 is 27.5 Å². The van der Waals surface area contributed by atoms with Gasteiger partial charge >= 0.3 is 6.18 Å². The monoisotopic (exact) mass is 470 g/mol. The van der Waals surface area contributed by atoms with Crippen LogP contribution in [0.2, 0.25) is 0 Å². The zero-order chi connectivity index (χ0) is 23.8. The molecule has 1 aliphatic heterocycles. The van der Waals surface area contributed by atoms with E-state index in [0.717, 1.165) is 28.6 Å². The molecule has 0 atom stereocenters. The van der Waals surface area contributed by atoms with Crippen molar-refractivity contribution in [2.24, 2.45) is 0 Å². The molecular formula is C21H21F3N2O5S. The number of nitrogens with one attached hydrogen (secondary N) is 1. The van der Waals surface area contributed by atoms with Gasteiger partial charge < -0.3 is 10.1 Å². The fourth-order valence-electron chi connectivity index (χ4n) is 3.24. The van der Waals surface area contributed by atoms with E-state index >= 15 is 0 Å². The summed E-state index contributed by atoms with van der Waals surface area (Å²) in [5.41, 5.74) is -1.39. The SMILES string of the molecule is CCCOc1ccc(C(F)(F)F)cc1NC(=O)c1ccc2c(c1)S(=O)(=O)N(C(C)C)C2=O. The normalized spacial score (nSPS) is 15.1. The van der Waals surface area contributed by atoms with E-state index in [1.165, 1.54) is 12.1 Å². The van der Waals surface area contributed by atoms with Gasteiger partial charge in [0.25, 0.3) is 21.8 Å². The first-order valence-corrected chi connectivity index (χ1v) is 11.2. The van der Waals surface area contributed by atoms with Crippen LogP contribution in [0.1, 0.15) is 53.5 Å². The van der Waals surface area contributed by atoms with E-state index < -0.39 is 39.6 Å². The Balaban J connectivity index is 1.97. The summed E-state index contributed by atoms with van der Waals surface area (Å²) in [5, 5.41) is 2.35. The summed E-state index contributed by atoms with van der Waals surface area (Å²) in [6.07, 6.45) is -4.04. The highest BCUT2D eigenvalue weighted by Crippen LogP contribution is 2.36. The van der Waals surface area contributed by atoms with E-state index in [9.17, 15) is 31.2 Å². The quantitative estimate of drug-likeness (QED) is 0.680. The molecule has 3 rings (SSSR count). The molecule has 1 aliphatic rings. The molecule has 0 unspecified atom stereocenters. The molecule has 7 nitrogen and oxygen atoms in total. The lowest BCUT2D eigenvalue weighted by Crippen LogP contribution is -2.36. The van der Waals surface area contributed by atoms with Crippen molar-refractivity contribution in [2.45, 2.75) is 44.3 Å². The van der Waals surface area contributed by atoms with Crippen molar-refractivity contribution < 1.29 is 35.9 Å². The number of benzene rings is 2. The van der Waals surface area contributed by atoms with Crippen LogP contribution in [0.5, 0.6) is 5.75 Å². The highest BCUT2D eigenvalue weighted by molar-refractivity contribution is 7.90. The number of rotatable bonds is 6. The summed E-state index contributed by atoms with van der Waals surface area (Å²) < 4.78 is 71.0. The number of fused-ring (bicyclic) bond motifs is 1. The van der Waals surface area contributed by atoms with Gasteiger partial charge in [0.15, 0.2) is 0 Å². The van der Waals surface area contributed by atoms with Crippen molar-refractivity contribution in [3.05, 3.63) is 53.1 Å². The highest BCUT2D eigenvalue weighted by atomic mass is 32.2. The van der Waals surface area contributed by atoms with Crippen LogP contribution in [0.3, 0.4) is 0 Å². The van der Waals surface area contributed by atoms with Gasteiger partial charge in [0.2, 0.25) is 0 Å². The average Bonchev–Trinajstić information content (AvgIpc) is 2.91. The number of nitrogens with zero attached hydrogens (tertiary/aromatic N) is 1. The van der Waals surface area contributed by atoms with E-state index in [2.05, 4.69) is 5.32 Å². The molecule has 2 amide bonds. The molecule has 2 aromatic carbocycles. The van der Waals surface area contributed by atoms with Crippen LogP contribution in [0.25, 0.3) is 0 Å². The molecule has 0 bridgehead atoms. The van der Waals surface area contributed by atoms with Crippen molar-refractivity contribution in [3.8, 4) is 5.75 Å². The zero-order valence-electron chi connectivity index (χ0n) is 17.5. The van der Waals surface area contributed by atoms with Gasteiger partial charge in [-0.3, -0.25) is 9.59 Å². The summed E-state index contributed by atoms with van der Waals surface area (Å²) in [6.45, 7) is 5.12. The number of halogens is 3. The topological polar surface area (TPSA) is 92.8 Å². The average molecular weight is 470 g/mol. The molecule has 0 saturated heterocycles. The van der Waals surface area contributed by atoms with Gasteiger partial charge in [-0.1, -0.05) is 6.92 Å². The molecule has 0 fully saturated rings. The van der Waals surface area contributed by atoms with Gasteiger partial charge in [0.05, 0.1) is 23.4 Å². The Morgan fingerprint density at radius 2 is 1.84 bits per heavy atom. The first-order valence-electron chi connectivity index (χ1n) is 9.76. The van der Waals surface area contributed by atoms with Gasteiger partial charge in [-0.05, 0) is 56.7 Å². The van der Waals surface area contributed by atoms with Crippen molar-refractivity contribution in [1.29, 1.82) is 0 Å². The fourth-order valence-corrected chi connectivity index (χ4v) is 5.03. The van der Waals surface area contributed by atoms with Crippen LogP contribution in [0.4, 0.5) is 18.9 Å². The van der Waals surface area contributed by atoms with Crippen LogP contribution in [0, 0.1) is 0 Å². The number of carbonyl (C=O) groups excluding carboxylic acids is 2. The maximum atomic E-state index is 13.1. The minimum Gasteiger partial charge on any atom is -0.491 e. The third-order valence-electron chi connectivity index (χ3n) is 4.70. The zero-order valence-corrected chi connectivity index (χ0v) is 18.3. The largest absolute Gasteiger partial charge is 0.491 e. The Labute approximate surface area is 183 Å². The molecule has 0 aliphatic carbocycles. The number of ether oxygens (including phenoxy) is 1. The smallest absolute Gasteiger partial charge is 0.416 e. The summed E-state index contributed by atoms with van der Waals surface area (Å²) in [5.74, 6) is -1.50. The maximum Gasteiger partial charge on any atom is 0.416 e. The second-order valence-corrected chi connectivity index (χ2v) is 9.21. The van der Waals surface area contributed by atoms with Gasteiger partial charge in [0, 0.05) is 11.6 Å². The maximum absolute atomic E-state index is 13.1. The van der Waals surface area contributed by atoms with E-state index in [4.69, 9.17) is 4.74 Å². The van der Waals surface area contributed by atoms with Crippen LogP contribution in [-0.4, -0.2) is 37.2 Å². The fraction of sp³-hybridized carbons (Fsp3) is 0.333. The van der Waals surface area contributed by atoms with E-state index in [-0.39, 0.29) is 34.1 Å². The van der Waals surface area contributed by atoms with E-state index in [1.807, 2.05) is 6.92 Å². The molecule has 172 valence electrons. The summed E-state index contributed by atoms with van der Waals surface area (Å²) in [7, 11) is -4.14. The third kappa shape index (κ3) is 4.29. The van der Waals surface area contributed by atoms with Crippen LogP contribution >= 0.6 is 0 Å². The number of anilines is 1. The Morgan fingerprint density at radius 3 is 2.44 bits per heavy atom. The molecular weight excluding hydrogens is 449 g/mol. The number of hydrogen-bond donors (Lipinski definition) is 1. The first kappa shape index (κ1) is 23.6. The lowest BCUT2D eigenvalue weighted by molar-refractivity contribution is -0.137. The van der Waals surface area contributed by atoms with Crippen molar-refractivity contribution in [3.63, 3.8) is 0 Å². The Kier molecular flexibility index (Phi) is 6.23. The second-order valence-electron chi connectivity index (χ2n) is 7.42. The van der Waals surface area contributed by atoms with Crippen molar-refractivity contribution in [1.82, 2.24) is 4.31 Å². The molecule has 0 spiro atoms. The van der Waals surface area contributed by atoms with Gasteiger partial charge in [-0.25, -0.2) is 12.7 Å². The minimum absolute atomic E-state index is 0.0446. The minimum atomic E-state index is -4.63. The third-order valence-corrected chi connectivity index (χ3v) is 6.70. The Hall–Kier alpha value is -3.08. The first-order chi connectivity index (χ1) is 14.9. The van der Waals surface area contributed by atoms with Gasteiger partial charge in [0.1, 0.15) is 10.6 Å². The van der Waals surface area contributed by atoms with Gasteiger partial charge in [-0.2, -0.15) is 13.2 Å². The Morgan fingerprint density at radius 1 is 1.16 bits per heavy atom. The summed E-state index contributed by atoms with van der Waals surface area (Å²) >= 11 is 0. The molecule has 0 aromatic heterocycles. The van der Waals surface area contributed by atoms with Crippen molar-refractivity contribution in [2.75, 3.05) is 11.9 Å². The lowest BCUT2D eigenvalue weighted by atomic mass is 10.1.